The van der Waals surface area contributed by atoms with E-state index < -0.39 is 0 Å². The highest BCUT2D eigenvalue weighted by Crippen LogP contribution is 2.09. The van der Waals surface area contributed by atoms with E-state index in [2.05, 4.69) is 31.6 Å². The molecule has 0 amide bonds. The lowest BCUT2D eigenvalue weighted by molar-refractivity contribution is 1.58. The predicted molar refractivity (Wildman–Crippen MR) is 42.3 cm³/mol. The van der Waals surface area contributed by atoms with Gasteiger partial charge in [-0.3, -0.25) is 0 Å². The van der Waals surface area contributed by atoms with E-state index in [0.29, 0.717) is 9.65 Å². The molecule has 0 bridgehead atoms. The van der Waals surface area contributed by atoms with Crippen LogP contribution in [0.15, 0.2) is 26.4 Å². The molecular weight excluding hydrogens is 203 g/mol. The van der Waals surface area contributed by atoms with Gasteiger partial charge in [0.05, 0.1) is 10.7 Å². The summed E-state index contributed by atoms with van der Waals surface area (Å²) in [6.45, 7) is 0. The lowest BCUT2D eigenvalue weighted by atomic mass is 10.6. The van der Waals surface area contributed by atoms with Crippen LogP contribution in [-0.2, 0) is 0 Å². The van der Waals surface area contributed by atoms with Crippen molar-refractivity contribution in [2.75, 3.05) is 0 Å². The lowest BCUT2D eigenvalue weighted by Gasteiger charge is -1.83. The summed E-state index contributed by atoms with van der Waals surface area (Å²) in [5, 5.41) is 0.368. The number of halogens is 2. The minimum Gasteiger partial charge on any atom is -0.236 e. The van der Waals surface area contributed by atoms with Crippen LogP contribution in [0.3, 0.4) is 0 Å². The Hall–Kier alpha value is -0.370. The molecule has 1 aliphatic rings. The first-order valence-electron chi connectivity index (χ1n) is 2.16. The van der Waals surface area contributed by atoms with Gasteiger partial charge in [0, 0.05) is 0 Å². The van der Waals surface area contributed by atoms with Crippen LogP contribution in [0.1, 0.15) is 0 Å². The van der Waals surface area contributed by atoms with Crippen molar-refractivity contribution in [3.63, 3.8) is 0 Å². The van der Waals surface area contributed by atoms with E-state index in [4.69, 9.17) is 11.6 Å². The zero-order valence-corrected chi connectivity index (χ0v) is 6.65. The molecule has 0 aromatic heterocycles. The van der Waals surface area contributed by atoms with Crippen molar-refractivity contribution in [3.05, 3.63) is 16.4 Å². The molecule has 0 aromatic carbocycles. The Bertz CT molecular complexity index is 235. The van der Waals surface area contributed by atoms with E-state index >= 15 is 0 Å². The predicted octanol–water partition coefficient (Wildman–Crippen LogP) is 2.06. The van der Waals surface area contributed by atoms with Gasteiger partial charge in [-0.25, -0.2) is 9.98 Å². The first-order chi connectivity index (χ1) is 4.30. The van der Waals surface area contributed by atoms with Crippen molar-refractivity contribution in [2.24, 2.45) is 9.98 Å². The molecule has 0 radical (unpaired) electrons. The van der Waals surface area contributed by atoms with E-state index in [9.17, 15) is 0 Å². The summed E-state index contributed by atoms with van der Waals surface area (Å²) >= 11 is 8.70. The fourth-order valence-electron chi connectivity index (χ4n) is 0.328. The molecule has 0 saturated carbocycles. The maximum atomic E-state index is 5.56. The summed E-state index contributed by atoms with van der Waals surface area (Å²) in [6.07, 6.45) is 2.85. The van der Waals surface area contributed by atoms with Crippen LogP contribution in [0.5, 0.6) is 0 Å². The standard InChI is InChI=1S/C5H2BrClN2/c6-4-1-2-8-3-9-5(4)7/h2-3H. The maximum Gasteiger partial charge on any atom is 0.152 e. The highest BCUT2D eigenvalue weighted by Gasteiger charge is 1.96. The second-order valence-corrected chi connectivity index (χ2v) is 2.42. The van der Waals surface area contributed by atoms with E-state index in [1.54, 1.807) is 0 Å². The highest BCUT2D eigenvalue weighted by atomic mass is 79.9. The zero-order valence-electron chi connectivity index (χ0n) is 4.31. The second-order valence-electron chi connectivity index (χ2n) is 1.27. The van der Waals surface area contributed by atoms with E-state index in [0.717, 1.165) is 0 Å². The van der Waals surface area contributed by atoms with Crippen LogP contribution in [0, 0.1) is 0 Å². The Labute approximate surface area is 65.8 Å². The summed E-state index contributed by atoms with van der Waals surface area (Å²) in [5.74, 6) is 0. The van der Waals surface area contributed by atoms with Crippen LogP contribution in [0.4, 0.5) is 0 Å². The van der Waals surface area contributed by atoms with Crippen LogP contribution in [0.2, 0.25) is 0 Å². The van der Waals surface area contributed by atoms with Gasteiger partial charge in [0.15, 0.2) is 5.17 Å². The average molecular weight is 205 g/mol. The molecule has 1 rings (SSSR count). The molecule has 46 valence electrons. The summed E-state index contributed by atoms with van der Waals surface area (Å²) in [7, 11) is 0. The average Bonchev–Trinajstić information content (AvgIpc) is 1.99. The van der Waals surface area contributed by atoms with Crippen LogP contribution in [0.25, 0.3) is 0 Å². The van der Waals surface area contributed by atoms with Crippen molar-refractivity contribution in [1.29, 1.82) is 0 Å². The molecule has 0 spiro atoms. The van der Waals surface area contributed by atoms with Gasteiger partial charge < -0.3 is 0 Å². The minimum atomic E-state index is 0.368. The maximum absolute atomic E-state index is 5.56. The fraction of sp³-hybridized carbons (Fsp3) is 0. The second kappa shape index (κ2) is 2.97. The number of nitrogens with zero attached hydrogens (tertiary/aromatic N) is 2. The van der Waals surface area contributed by atoms with Gasteiger partial charge in [-0.05, 0) is 15.9 Å². The van der Waals surface area contributed by atoms with Gasteiger partial charge >= 0.3 is 0 Å². The molecule has 4 heteroatoms. The molecule has 2 nitrogen and oxygen atoms in total. The smallest absolute Gasteiger partial charge is 0.152 e. The van der Waals surface area contributed by atoms with Gasteiger partial charge in [0.2, 0.25) is 0 Å². The lowest BCUT2D eigenvalue weighted by Crippen LogP contribution is -1.82. The van der Waals surface area contributed by atoms with Crippen molar-refractivity contribution in [2.45, 2.75) is 0 Å². The normalized spacial score (nSPS) is 16.7. The van der Waals surface area contributed by atoms with Crippen LogP contribution >= 0.6 is 27.5 Å². The molecule has 0 atom stereocenters. The third-order valence-corrected chi connectivity index (χ3v) is 1.80. The Morgan fingerprint density at radius 3 is 3.22 bits per heavy atom. The molecule has 0 N–H and O–H groups in total. The van der Waals surface area contributed by atoms with Gasteiger partial charge in [0.1, 0.15) is 6.34 Å². The molecule has 0 fully saturated rings. The summed E-state index contributed by atoms with van der Waals surface area (Å²) in [6, 6.07) is 0. The molecule has 1 aliphatic heterocycles. The number of hydrogen-bond acceptors (Lipinski definition) is 2. The Morgan fingerprint density at radius 1 is 1.67 bits per heavy atom. The van der Waals surface area contributed by atoms with Crippen molar-refractivity contribution >= 4 is 39.0 Å². The topological polar surface area (TPSA) is 24.7 Å². The fourth-order valence-corrected chi connectivity index (χ4v) is 0.630. The Kier molecular flexibility index (Phi) is 2.22. The summed E-state index contributed by atoms with van der Waals surface area (Å²) in [4.78, 5) is 7.41. The largest absolute Gasteiger partial charge is 0.236 e. The van der Waals surface area contributed by atoms with Gasteiger partial charge in [0.25, 0.3) is 0 Å². The molecule has 0 aromatic rings. The van der Waals surface area contributed by atoms with Crippen molar-refractivity contribution in [1.82, 2.24) is 0 Å². The quantitative estimate of drug-likeness (QED) is 0.541. The summed E-state index contributed by atoms with van der Waals surface area (Å²) < 4.78 is 0.627. The van der Waals surface area contributed by atoms with Crippen molar-refractivity contribution in [3.8, 4) is 0 Å². The minimum absolute atomic E-state index is 0.368. The van der Waals surface area contributed by atoms with E-state index in [1.807, 2.05) is 0 Å². The molecule has 0 saturated heterocycles. The molecule has 9 heavy (non-hydrogen) atoms. The van der Waals surface area contributed by atoms with Crippen molar-refractivity contribution < 1.29 is 0 Å². The zero-order chi connectivity index (χ0) is 6.69. The third kappa shape index (κ3) is 1.79. The van der Waals surface area contributed by atoms with E-state index in [-0.39, 0.29) is 0 Å². The third-order valence-electron chi connectivity index (χ3n) is 0.685. The Balaban J connectivity index is 3.06. The SMILES string of the molecule is ClC1=NC=NC=C=C1Br. The number of hydrogen-bond donors (Lipinski definition) is 0. The van der Waals surface area contributed by atoms with Gasteiger partial charge in [-0.15, -0.1) is 0 Å². The number of aliphatic imine (C=N–C) groups is 2. The molecule has 1 heterocycles. The van der Waals surface area contributed by atoms with E-state index in [1.165, 1.54) is 12.5 Å². The first kappa shape index (κ1) is 6.75. The Morgan fingerprint density at radius 2 is 2.44 bits per heavy atom. The van der Waals surface area contributed by atoms with Gasteiger partial charge in [-0.2, -0.15) is 0 Å². The van der Waals surface area contributed by atoms with Crippen LogP contribution < -0.4 is 0 Å². The molecular formula is C5H2BrClN2. The van der Waals surface area contributed by atoms with Crippen LogP contribution in [-0.4, -0.2) is 11.5 Å². The number of allylic oxidation sites excluding steroid dienone is 1. The first-order valence-corrected chi connectivity index (χ1v) is 3.34. The molecule has 0 unspecified atom stereocenters. The molecule has 0 aliphatic carbocycles. The monoisotopic (exact) mass is 204 g/mol. The summed E-state index contributed by atoms with van der Waals surface area (Å²) in [5.41, 5.74) is 2.74. The highest BCUT2D eigenvalue weighted by molar-refractivity contribution is 9.12. The van der Waals surface area contributed by atoms with Gasteiger partial charge in [-0.1, -0.05) is 17.3 Å². The number of rotatable bonds is 0.